The van der Waals surface area contributed by atoms with Gasteiger partial charge in [-0.2, -0.15) is 0 Å². The van der Waals surface area contributed by atoms with Crippen LogP contribution in [0.2, 0.25) is 0 Å². The van der Waals surface area contributed by atoms with Gasteiger partial charge in [0.15, 0.2) is 0 Å². The Morgan fingerprint density at radius 3 is 1.77 bits per heavy atom. The Kier molecular flexibility index (Phi) is 9.34. The summed E-state index contributed by atoms with van der Waals surface area (Å²) in [4.78, 5) is 16.1. The summed E-state index contributed by atoms with van der Waals surface area (Å²) >= 11 is 0. The largest absolute Gasteiger partial charge is 0.507 e. The van der Waals surface area contributed by atoms with Crippen LogP contribution in [-0.4, -0.2) is 28.1 Å². The molecule has 0 atom stereocenters. The van der Waals surface area contributed by atoms with Crippen LogP contribution in [0, 0.1) is 0 Å². The van der Waals surface area contributed by atoms with Crippen LogP contribution in [0.15, 0.2) is 36.4 Å². The van der Waals surface area contributed by atoms with E-state index in [2.05, 4.69) is 82.1 Å². The summed E-state index contributed by atoms with van der Waals surface area (Å²) in [5.41, 5.74) is 5.05. The van der Waals surface area contributed by atoms with Crippen LogP contribution >= 0.6 is 0 Å². The maximum atomic E-state index is 13.9. The number of amides is 2. The van der Waals surface area contributed by atoms with Crippen molar-refractivity contribution in [1.82, 2.24) is 4.90 Å². The van der Waals surface area contributed by atoms with Crippen molar-refractivity contribution < 1.29 is 9.90 Å². The lowest BCUT2D eigenvalue weighted by molar-refractivity contribution is 0.114. The monoisotopic (exact) mass is 532 g/mol. The number of rotatable bonds is 6. The summed E-state index contributed by atoms with van der Waals surface area (Å²) < 4.78 is 0. The molecule has 0 aromatic heterocycles. The van der Waals surface area contributed by atoms with Gasteiger partial charge >= 0.3 is 6.03 Å². The van der Waals surface area contributed by atoms with E-state index in [9.17, 15) is 9.90 Å². The van der Waals surface area contributed by atoms with Gasteiger partial charge in [0.2, 0.25) is 0 Å². The molecule has 2 saturated carbocycles. The van der Waals surface area contributed by atoms with Gasteiger partial charge in [-0.05, 0) is 77.7 Å². The number of para-hydroxylation sites is 1. The average molecular weight is 533 g/mol. The lowest BCUT2D eigenvalue weighted by atomic mass is 9.78. The van der Waals surface area contributed by atoms with Crippen LogP contribution in [0.3, 0.4) is 0 Å². The molecule has 214 valence electrons. The third kappa shape index (κ3) is 7.38. The Morgan fingerprint density at radius 2 is 1.28 bits per heavy atom. The number of anilines is 1. The van der Waals surface area contributed by atoms with Gasteiger partial charge < -0.3 is 15.3 Å². The second-order valence-corrected chi connectivity index (χ2v) is 14.1. The molecule has 2 aromatic carbocycles. The van der Waals surface area contributed by atoms with Gasteiger partial charge in [0, 0.05) is 17.8 Å². The number of urea groups is 1. The van der Waals surface area contributed by atoms with E-state index in [4.69, 9.17) is 0 Å². The Balaban J connectivity index is 1.55. The maximum absolute atomic E-state index is 13.9. The van der Waals surface area contributed by atoms with Gasteiger partial charge in [0.1, 0.15) is 5.75 Å². The van der Waals surface area contributed by atoms with Gasteiger partial charge in [-0.15, -0.1) is 0 Å². The molecule has 0 heterocycles. The molecule has 0 spiro atoms. The molecule has 0 unspecified atom stereocenters. The highest BCUT2D eigenvalue weighted by Gasteiger charge is 2.33. The number of hydrogen-bond donors (Lipinski definition) is 2. The average Bonchev–Trinajstić information content (AvgIpc) is 2.89. The number of nitrogens with zero attached hydrogens (tertiary/aromatic N) is 1. The zero-order chi connectivity index (χ0) is 28.2. The number of aromatic hydroxyl groups is 1. The fourth-order valence-electron chi connectivity index (χ4n) is 6.65. The van der Waals surface area contributed by atoms with Crippen molar-refractivity contribution in [1.29, 1.82) is 0 Å². The van der Waals surface area contributed by atoms with Crippen LogP contribution in [0.4, 0.5) is 10.5 Å². The van der Waals surface area contributed by atoms with Crippen molar-refractivity contribution in [2.45, 2.75) is 142 Å². The molecule has 0 aliphatic heterocycles. The lowest BCUT2D eigenvalue weighted by Crippen LogP contribution is -2.50. The van der Waals surface area contributed by atoms with Crippen molar-refractivity contribution >= 4 is 11.7 Å². The first kappa shape index (κ1) is 29.5. The smallest absolute Gasteiger partial charge is 0.322 e. The third-order valence-corrected chi connectivity index (χ3v) is 8.90. The first-order chi connectivity index (χ1) is 18.4. The topological polar surface area (TPSA) is 52.6 Å². The van der Waals surface area contributed by atoms with Crippen molar-refractivity contribution in [3.05, 3.63) is 58.7 Å². The molecule has 2 fully saturated rings. The van der Waals surface area contributed by atoms with Crippen molar-refractivity contribution in [3.8, 4) is 5.75 Å². The summed E-state index contributed by atoms with van der Waals surface area (Å²) in [6.45, 7) is 13.0. The summed E-state index contributed by atoms with van der Waals surface area (Å²) in [6.07, 6.45) is 13.8. The Bertz CT molecular complexity index is 1060. The van der Waals surface area contributed by atoms with E-state index in [1.807, 2.05) is 6.07 Å². The predicted molar refractivity (Wildman–Crippen MR) is 164 cm³/mol. The molecule has 4 heteroatoms. The number of benzene rings is 2. The van der Waals surface area contributed by atoms with Crippen molar-refractivity contribution in [2.75, 3.05) is 5.32 Å². The minimum Gasteiger partial charge on any atom is -0.507 e. The first-order valence-corrected chi connectivity index (χ1v) is 15.5. The molecule has 0 radical (unpaired) electrons. The number of nitrogens with one attached hydrogen (secondary N) is 1. The summed E-state index contributed by atoms with van der Waals surface area (Å²) in [5, 5.41) is 14.5. The molecule has 2 N–H and O–H groups in total. The summed E-state index contributed by atoms with van der Waals surface area (Å²) in [6, 6.07) is 13.5. The number of phenols is 1. The number of hydrogen-bond acceptors (Lipinski definition) is 2. The van der Waals surface area contributed by atoms with Crippen molar-refractivity contribution in [3.63, 3.8) is 0 Å². The van der Waals surface area contributed by atoms with Crippen LogP contribution in [0.5, 0.6) is 5.75 Å². The molecule has 0 bridgehead atoms. The van der Waals surface area contributed by atoms with Crippen LogP contribution in [0.1, 0.15) is 128 Å². The zero-order valence-electron chi connectivity index (χ0n) is 25.4. The van der Waals surface area contributed by atoms with E-state index >= 15 is 0 Å². The Hall–Kier alpha value is -2.49. The van der Waals surface area contributed by atoms with Crippen LogP contribution in [0.25, 0.3) is 0 Å². The summed E-state index contributed by atoms with van der Waals surface area (Å²) in [5.74, 6) is 0.428. The Labute approximate surface area is 237 Å². The molecular weight excluding hydrogens is 480 g/mol. The normalized spacial score (nSPS) is 17.7. The minimum absolute atomic E-state index is 0.0934. The van der Waals surface area contributed by atoms with E-state index < -0.39 is 0 Å². The quantitative estimate of drug-likeness (QED) is 0.389. The fourth-order valence-corrected chi connectivity index (χ4v) is 6.65. The SMILES string of the molecule is CC(C)(C)c1cc(CCc2ccccc2NC(=O)N(C2CCCCC2)C2CCCCC2)cc(C(C)(C)C)c1O. The summed E-state index contributed by atoms with van der Waals surface area (Å²) in [7, 11) is 0. The molecule has 2 aromatic rings. The molecule has 2 amide bonds. The van der Waals surface area contributed by atoms with Crippen molar-refractivity contribution in [2.24, 2.45) is 0 Å². The molecule has 0 saturated heterocycles. The van der Waals surface area contributed by atoms with Crippen LogP contribution < -0.4 is 5.32 Å². The number of carbonyl (C=O) groups excluding carboxylic acids is 1. The van der Waals surface area contributed by atoms with Gasteiger partial charge in [0.25, 0.3) is 0 Å². The fraction of sp³-hybridized carbons (Fsp3) is 0.629. The molecule has 4 nitrogen and oxygen atoms in total. The molecule has 4 rings (SSSR count). The maximum Gasteiger partial charge on any atom is 0.322 e. The highest BCUT2D eigenvalue weighted by Crippen LogP contribution is 2.40. The van der Waals surface area contributed by atoms with E-state index in [-0.39, 0.29) is 16.9 Å². The number of carbonyl (C=O) groups is 1. The van der Waals surface area contributed by atoms with Gasteiger partial charge in [-0.3, -0.25) is 0 Å². The number of phenolic OH excluding ortho intramolecular Hbond substituents is 1. The highest BCUT2D eigenvalue weighted by molar-refractivity contribution is 5.90. The van der Waals surface area contributed by atoms with E-state index in [0.717, 1.165) is 55.3 Å². The van der Waals surface area contributed by atoms with E-state index in [1.54, 1.807) is 0 Å². The molecular formula is C35H52N2O2. The third-order valence-electron chi connectivity index (χ3n) is 8.90. The first-order valence-electron chi connectivity index (χ1n) is 15.5. The van der Waals surface area contributed by atoms with Gasteiger partial charge in [-0.1, -0.05) is 110 Å². The number of aryl methyl sites for hydroxylation is 2. The molecule has 2 aliphatic rings. The minimum atomic E-state index is -0.145. The lowest BCUT2D eigenvalue weighted by Gasteiger charge is -2.41. The zero-order valence-corrected chi connectivity index (χ0v) is 25.4. The van der Waals surface area contributed by atoms with E-state index in [1.165, 1.54) is 49.7 Å². The van der Waals surface area contributed by atoms with E-state index in [0.29, 0.717) is 17.8 Å². The van der Waals surface area contributed by atoms with Gasteiger partial charge in [-0.25, -0.2) is 4.79 Å². The highest BCUT2D eigenvalue weighted by atomic mass is 16.3. The second kappa shape index (κ2) is 12.4. The van der Waals surface area contributed by atoms with Crippen LogP contribution in [-0.2, 0) is 23.7 Å². The second-order valence-electron chi connectivity index (χ2n) is 14.1. The predicted octanol–water partition coefficient (Wildman–Crippen LogP) is 9.27. The molecule has 2 aliphatic carbocycles. The van der Waals surface area contributed by atoms with Gasteiger partial charge in [0.05, 0.1) is 0 Å². The Morgan fingerprint density at radius 1 is 0.795 bits per heavy atom. The molecule has 39 heavy (non-hydrogen) atoms. The standard InChI is InChI=1S/C35H52N2O2/c1-34(2,3)29-23-25(24-30(32(29)38)35(4,5)6)21-22-26-15-13-14-20-31(26)36-33(39)37(27-16-9-7-10-17-27)28-18-11-8-12-19-28/h13-15,20,23-24,27-28,38H,7-12,16-19,21-22H2,1-6H3,(H,36,39).